The van der Waals surface area contributed by atoms with Crippen LogP contribution in [0.1, 0.15) is 77.0 Å². The van der Waals surface area contributed by atoms with Gasteiger partial charge in [-0.2, -0.15) is 0 Å². The number of nitrogens with one attached hydrogen (secondary N) is 4. The number of morpholine rings is 1. The molecule has 3 unspecified atom stereocenters. The monoisotopic (exact) mass is 812 g/mol. The molecule has 6 rings (SSSR count). The Kier molecular flexibility index (Phi) is 18.3. The topological polar surface area (TPSA) is 207 Å². The maximum Gasteiger partial charge on any atom is 0.407 e. The van der Waals surface area contributed by atoms with Gasteiger partial charge >= 0.3 is 12.2 Å². The highest BCUT2D eigenvalue weighted by atomic mass is 16.5. The van der Waals surface area contributed by atoms with E-state index in [1.54, 1.807) is 0 Å². The molecular formula is C44H60N8O7. The summed E-state index contributed by atoms with van der Waals surface area (Å²) in [5, 5.41) is 7.81. The quantitative estimate of drug-likeness (QED) is 0.0537. The highest BCUT2D eigenvalue weighted by Crippen LogP contribution is 2.31. The summed E-state index contributed by atoms with van der Waals surface area (Å²) in [6.07, 6.45) is 7.27. The van der Waals surface area contributed by atoms with E-state index in [1.807, 2.05) is 13.1 Å². The van der Waals surface area contributed by atoms with Gasteiger partial charge in [-0.15, -0.1) is 0 Å². The van der Waals surface area contributed by atoms with E-state index >= 15 is 0 Å². The van der Waals surface area contributed by atoms with Crippen molar-refractivity contribution in [1.82, 2.24) is 35.5 Å². The zero-order valence-electron chi connectivity index (χ0n) is 35.1. The fourth-order valence-electron chi connectivity index (χ4n) is 6.44. The number of aldehydes is 1. The average molecular weight is 813 g/mol. The van der Waals surface area contributed by atoms with Gasteiger partial charge in [-0.25, -0.2) is 19.6 Å². The number of nitrogens with two attached hydrogens (primary N) is 1. The van der Waals surface area contributed by atoms with Crippen LogP contribution in [0.3, 0.4) is 0 Å². The molecule has 1 aliphatic rings. The van der Waals surface area contributed by atoms with Crippen molar-refractivity contribution in [3.63, 3.8) is 0 Å². The van der Waals surface area contributed by atoms with Crippen LogP contribution >= 0.6 is 0 Å². The van der Waals surface area contributed by atoms with Gasteiger partial charge in [-0.1, -0.05) is 63.9 Å². The van der Waals surface area contributed by atoms with Crippen LogP contribution in [0.2, 0.25) is 0 Å². The summed E-state index contributed by atoms with van der Waals surface area (Å²) in [5.41, 5.74) is 10.9. The normalized spacial score (nSPS) is 14.8. The Morgan fingerprint density at radius 3 is 2.36 bits per heavy atom. The van der Waals surface area contributed by atoms with Crippen LogP contribution in [0.4, 0.5) is 9.59 Å². The number of carbonyl (C=O) groups excluding carboxylic acids is 4. The van der Waals surface area contributed by atoms with E-state index in [0.717, 1.165) is 91.3 Å². The number of imidazole rings is 2. The van der Waals surface area contributed by atoms with Crippen molar-refractivity contribution in [3.8, 4) is 22.4 Å². The third-order valence-electron chi connectivity index (χ3n) is 10.2. The van der Waals surface area contributed by atoms with E-state index in [1.165, 1.54) is 30.6 Å². The van der Waals surface area contributed by atoms with Crippen molar-refractivity contribution in [2.75, 3.05) is 47.6 Å². The van der Waals surface area contributed by atoms with Gasteiger partial charge in [0, 0.05) is 31.5 Å². The van der Waals surface area contributed by atoms with Crippen molar-refractivity contribution >= 4 is 46.2 Å². The Morgan fingerprint density at radius 1 is 1.00 bits per heavy atom. The first-order chi connectivity index (χ1) is 28.5. The summed E-state index contributed by atoms with van der Waals surface area (Å²) >= 11 is 0. The van der Waals surface area contributed by atoms with Crippen LogP contribution in [-0.2, 0) is 30.2 Å². The number of hydrogen-bond acceptors (Lipinski definition) is 10. The van der Waals surface area contributed by atoms with E-state index in [-0.39, 0.29) is 11.9 Å². The van der Waals surface area contributed by atoms with Gasteiger partial charge in [0.25, 0.3) is 0 Å². The van der Waals surface area contributed by atoms with E-state index in [4.69, 9.17) is 9.72 Å². The van der Waals surface area contributed by atoms with Crippen LogP contribution in [0.5, 0.6) is 0 Å². The van der Waals surface area contributed by atoms with Crippen molar-refractivity contribution in [2.45, 2.75) is 77.8 Å². The fourth-order valence-corrected chi connectivity index (χ4v) is 6.44. The van der Waals surface area contributed by atoms with Gasteiger partial charge in [0.05, 0.1) is 62.4 Å². The SMILES string of the molecule is CCC(C)CC(=O)NCCCCc1ncc(-c2ccc3cc(-c4ccc5nc(C6COCCN6C)[nH]c5c4)ccc3c2)[nH]1.CCCC(C=O)NC(=O)OC.COC(N)=O. The minimum atomic E-state index is -0.745. The number of methoxy groups -OCH3 is 2. The second kappa shape index (κ2) is 23.6. The van der Waals surface area contributed by atoms with Crippen LogP contribution in [-0.4, -0.2) is 103 Å². The first-order valence-corrected chi connectivity index (χ1v) is 20.2. The number of primary amides is 1. The Bertz CT molecular complexity index is 2120. The van der Waals surface area contributed by atoms with E-state index in [2.05, 4.69) is 121 Å². The fraction of sp³-hybridized carbons (Fsp3) is 0.455. The number of amides is 3. The molecule has 3 amide bonds. The minimum Gasteiger partial charge on any atom is -0.453 e. The van der Waals surface area contributed by atoms with Crippen molar-refractivity contribution in [1.29, 1.82) is 0 Å². The maximum absolute atomic E-state index is 12.0. The lowest BCUT2D eigenvalue weighted by Crippen LogP contribution is -2.37. The summed E-state index contributed by atoms with van der Waals surface area (Å²) in [7, 11) is 4.62. The molecule has 59 heavy (non-hydrogen) atoms. The number of ether oxygens (including phenoxy) is 3. The van der Waals surface area contributed by atoms with E-state index in [9.17, 15) is 19.2 Å². The van der Waals surface area contributed by atoms with Crippen LogP contribution in [0.15, 0.2) is 60.8 Å². The lowest BCUT2D eigenvalue weighted by atomic mass is 9.99. The lowest BCUT2D eigenvalue weighted by Gasteiger charge is -2.30. The smallest absolute Gasteiger partial charge is 0.407 e. The molecule has 0 radical (unpaired) electrons. The largest absolute Gasteiger partial charge is 0.453 e. The molecule has 1 fully saturated rings. The van der Waals surface area contributed by atoms with Gasteiger partial charge in [-0.05, 0) is 78.4 Å². The summed E-state index contributed by atoms with van der Waals surface area (Å²) < 4.78 is 13.9. The Morgan fingerprint density at radius 2 is 1.69 bits per heavy atom. The summed E-state index contributed by atoms with van der Waals surface area (Å²) in [6, 6.07) is 19.4. The number of unbranched alkanes of at least 4 members (excludes halogenated alkanes) is 1. The van der Waals surface area contributed by atoms with Gasteiger partial charge in [-0.3, -0.25) is 9.69 Å². The summed E-state index contributed by atoms with van der Waals surface area (Å²) in [4.78, 5) is 61.0. The summed E-state index contributed by atoms with van der Waals surface area (Å²) in [6.45, 7) is 9.24. The number of aryl methyl sites for hydroxylation is 1. The van der Waals surface area contributed by atoms with E-state index in [0.29, 0.717) is 31.7 Å². The maximum atomic E-state index is 12.0. The van der Waals surface area contributed by atoms with Gasteiger partial charge < -0.3 is 45.3 Å². The molecule has 2 aromatic heterocycles. The molecular weight excluding hydrogens is 753 g/mol. The zero-order valence-corrected chi connectivity index (χ0v) is 35.1. The molecule has 0 bridgehead atoms. The molecule has 318 valence electrons. The Balaban J connectivity index is 0.000000407. The number of alkyl carbamates (subject to hydrolysis) is 1. The molecule has 3 aromatic carbocycles. The number of hydrogen-bond donors (Lipinski definition) is 5. The molecule has 3 heterocycles. The van der Waals surface area contributed by atoms with Crippen molar-refractivity contribution < 1.29 is 33.4 Å². The predicted molar refractivity (Wildman–Crippen MR) is 230 cm³/mol. The molecule has 15 heteroatoms. The molecule has 5 aromatic rings. The number of likely N-dealkylation sites (N-methyl/N-ethyl adjacent to an activating group) is 1. The van der Waals surface area contributed by atoms with E-state index < -0.39 is 18.2 Å². The second-order valence-electron chi connectivity index (χ2n) is 14.7. The lowest BCUT2D eigenvalue weighted by molar-refractivity contribution is -0.121. The number of benzene rings is 3. The second-order valence-corrected chi connectivity index (χ2v) is 14.7. The van der Waals surface area contributed by atoms with Crippen LogP contribution < -0.4 is 16.4 Å². The van der Waals surface area contributed by atoms with Gasteiger partial charge in [0.15, 0.2) is 0 Å². The molecule has 0 aliphatic carbocycles. The number of aromatic amines is 2. The van der Waals surface area contributed by atoms with Gasteiger partial charge in [0.1, 0.15) is 17.9 Å². The average Bonchev–Trinajstić information content (AvgIpc) is 3.91. The minimum absolute atomic E-state index is 0.156. The predicted octanol–water partition coefficient (Wildman–Crippen LogP) is 7.07. The Labute approximate surface area is 346 Å². The highest BCUT2D eigenvalue weighted by Gasteiger charge is 2.24. The third-order valence-corrected chi connectivity index (χ3v) is 10.2. The third kappa shape index (κ3) is 14.2. The number of fused-ring (bicyclic) bond motifs is 2. The molecule has 6 N–H and O–H groups in total. The van der Waals surface area contributed by atoms with Gasteiger partial charge in [0.2, 0.25) is 5.91 Å². The first kappa shape index (κ1) is 45.9. The zero-order chi connectivity index (χ0) is 42.7. The van der Waals surface area contributed by atoms with Crippen molar-refractivity contribution in [3.05, 3.63) is 72.4 Å². The molecule has 1 saturated heterocycles. The summed E-state index contributed by atoms with van der Waals surface area (Å²) in [5.74, 6) is 2.54. The van der Waals surface area contributed by atoms with Crippen LogP contribution in [0.25, 0.3) is 44.2 Å². The number of rotatable bonds is 15. The molecule has 0 spiro atoms. The number of nitrogens with zero attached hydrogens (tertiary/aromatic N) is 3. The van der Waals surface area contributed by atoms with Crippen molar-refractivity contribution in [2.24, 2.45) is 11.7 Å². The molecule has 0 saturated carbocycles. The first-order valence-electron chi connectivity index (χ1n) is 20.2. The number of carbonyl (C=O) groups is 4. The van der Waals surface area contributed by atoms with Crippen LogP contribution in [0, 0.1) is 5.92 Å². The Hall–Kier alpha value is -5.80. The molecule has 3 atom stereocenters. The number of H-pyrrole nitrogens is 2. The highest BCUT2D eigenvalue weighted by molar-refractivity contribution is 5.92. The molecule has 1 aliphatic heterocycles. The standard InChI is InChI=1S/C35H42N6O2.C7H13NO3.C2H5NO2/c1-4-23(2)17-34(42)36-14-6-5-7-33-37-21-31(38-33)28-11-10-24-18-25(8-9-26(24)19-28)27-12-13-29-30(20-27)40-35(39-29)32-22-43-16-15-41(32)3;1-3-4-6(5-9)8-7(10)11-2;1-5-2(3)4/h8-13,18-21,23,32H,4-7,14-17,22H2,1-3H3,(H,36,42)(H,37,38)(H,39,40);5-6H,3-4H2,1-2H3,(H,8,10);1H3,(H2,3,4). The number of aromatic nitrogens is 4. The molecule has 15 nitrogen and oxygen atoms in total.